The van der Waals surface area contributed by atoms with E-state index in [9.17, 15) is 27.6 Å². The van der Waals surface area contributed by atoms with E-state index in [1.165, 1.54) is 24.5 Å². The maximum atomic E-state index is 12.9. The highest BCUT2D eigenvalue weighted by atomic mass is 32.2. The van der Waals surface area contributed by atoms with Gasteiger partial charge in [-0.15, -0.1) is 23.1 Å². The third-order valence-electron chi connectivity index (χ3n) is 4.70. The van der Waals surface area contributed by atoms with E-state index in [0.29, 0.717) is 21.9 Å². The van der Waals surface area contributed by atoms with Gasteiger partial charge in [0, 0.05) is 16.2 Å². The number of ether oxygens (including phenoxy) is 1. The molecule has 1 atom stereocenters. The summed E-state index contributed by atoms with van der Waals surface area (Å²) in [5, 5.41) is 4.65. The molecule has 0 saturated carbocycles. The summed E-state index contributed by atoms with van der Waals surface area (Å²) >= 11 is 2.27. The number of alkyl halides is 3. The van der Waals surface area contributed by atoms with E-state index in [-0.39, 0.29) is 12.1 Å². The molecule has 1 aromatic carbocycles. The van der Waals surface area contributed by atoms with Crippen molar-refractivity contribution in [2.24, 2.45) is 0 Å². The van der Waals surface area contributed by atoms with E-state index < -0.39 is 34.8 Å². The number of methoxy groups -OCH3 is 1. The number of thioether (sulfide) groups is 1. The molecule has 0 bridgehead atoms. The normalized spacial score (nSPS) is 15.8. The van der Waals surface area contributed by atoms with Gasteiger partial charge in [0.25, 0.3) is 0 Å². The summed E-state index contributed by atoms with van der Waals surface area (Å²) in [4.78, 5) is 38.5. The van der Waals surface area contributed by atoms with Gasteiger partial charge in [0.15, 0.2) is 0 Å². The monoisotopic (exact) mass is 472 g/mol. The number of benzene rings is 1. The lowest BCUT2D eigenvalue weighted by Gasteiger charge is -2.24. The molecule has 2 heterocycles. The van der Waals surface area contributed by atoms with Gasteiger partial charge in [-0.2, -0.15) is 13.2 Å². The van der Waals surface area contributed by atoms with Crippen molar-refractivity contribution in [3.8, 4) is 0 Å². The lowest BCUT2D eigenvalue weighted by atomic mass is 10.1. The fourth-order valence-corrected chi connectivity index (χ4v) is 5.46. The van der Waals surface area contributed by atoms with Crippen LogP contribution in [0.25, 0.3) is 0 Å². The Hall–Kier alpha value is -2.53. The molecule has 1 aliphatic heterocycles. The minimum absolute atomic E-state index is 0.0657. The third-order valence-corrected chi connectivity index (χ3v) is 7.04. The zero-order chi connectivity index (χ0) is 22.9. The Kier molecular flexibility index (Phi) is 6.65. The quantitative estimate of drug-likeness (QED) is 0.607. The first kappa shape index (κ1) is 23.1. The van der Waals surface area contributed by atoms with Gasteiger partial charge in [-0.25, -0.2) is 4.79 Å². The molecule has 3 rings (SSSR count). The lowest BCUT2D eigenvalue weighted by Crippen LogP contribution is -2.32. The number of halogens is 3. The van der Waals surface area contributed by atoms with Gasteiger partial charge in [0.2, 0.25) is 11.8 Å². The molecule has 0 saturated heterocycles. The molecule has 1 aromatic heterocycles. The second kappa shape index (κ2) is 8.91. The number of carbonyl (C=O) groups excluding carboxylic acids is 3. The fourth-order valence-electron chi connectivity index (χ4n) is 3.22. The number of rotatable bonds is 5. The molecule has 0 fully saturated rings. The Labute approximate surface area is 184 Å². The van der Waals surface area contributed by atoms with Crippen molar-refractivity contribution < 1.29 is 32.3 Å². The predicted molar refractivity (Wildman–Crippen MR) is 113 cm³/mol. The largest absolute Gasteiger partial charge is 0.465 e. The summed E-state index contributed by atoms with van der Waals surface area (Å²) < 4.78 is 43.5. The number of hydrogen-bond acceptors (Lipinski definition) is 6. The SMILES string of the molecule is CCc1c(C)sc(NC(=O)CC2Sc3ccc(C(F)(F)F)cc3NC2=O)c1C(=O)OC. The van der Waals surface area contributed by atoms with Crippen LogP contribution in [-0.4, -0.2) is 30.1 Å². The average molecular weight is 473 g/mol. The van der Waals surface area contributed by atoms with Crippen molar-refractivity contribution in [3.63, 3.8) is 0 Å². The highest BCUT2D eigenvalue weighted by molar-refractivity contribution is 8.01. The van der Waals surface area contributed by atoms with E-state index in [2.05, 4.69) is 10.6 Å². The van der Waals surface area contributed by atoms with Crippen LogP contribution in [0, 0.1) is 6.92 Å². The van der Waals surface area contributed by atoms with Crippen molar-refractivity contribution in [2.75, 3.05) is 17.7 Å². The number of carbonyl (C=O) groups is 3. The zero-order valence-electron chi connectivity index (χ0n) is 16.8. The van der Waals surface area contributed by atoms with Gasteiger partial charge in [-0.05, 0) is 37.1 Å². The first-order valence-corrected chi connectivity index (χ1v) is 10.9. The Morgan fingerprint density at radius 3 is 2.61 bits per heavy atom. The number of nitrogens with one attached hydrogen (secondary N) is 2. The molecule has 1 aliphatic rings. The van der Waals surface area contributed by atoms with Crippen LogP contribution in [0.5, 0.6) is 0 Å². The number of aryl methyl sites for hydroxylation is 1. The summed E-state index contributed by atoms with van der Waals surface area (Å²) in [6, 6.07) is 3.09. The van der Waals surface area contributed by atoms with Gasteiger partial charge >= 0.3 is 12.1 Å². The van der Waals surface area contributed by atoms with Crippen LogP contribution in [0.2, 0.25) is 0 Å². The Balaban J connectivity index is 1.75. The van der Waals surface area contributed by atoms with Crippen LogP contribution in [-0.2, 0) is 26.9 Å². The van der Waals surface area contributed by atoms with Gasteiger partial charge in [-0.1, -0.05) is 6.92 Å². The van der Waals surface area contributed by atoms with Gasteiger partial charge in [0.05, 0.1) is 29.2 Å². The Bertz CT molecular complexity index is 1050. The fraction of sp³-hybridized carbons (Fsp3) is 0.350. The van der Waals surface area contributed by atoms with Crippen LogP contribution in [0.3, 0.4) is 0 Å². The number of esters is 1. The molecule has 0 radical (unpaired) electrons. The standard InChI is InChI=1S/C20H19F3N2O4S2/c1-4-11-9(2)30-18(16(11)19(28)29-3)25-15(26)8-14-17(27)24-12-7-10(20(21,22)23)5-6-13(12)31-14/h5-7,14H,4,8H2,1-3H3,(H,24,27)(H,25,26). The first-order valence-electron chi connectivity index (χ1n) is 9.24. The molecule has 2 amide bonds. The Morgan fingerprint density at radius 1 is 1.29 bits per heavy atom. The predicted octanol–water partition coefficient (Wildman–Crippen LogP) is 4.87. The molecule has 0 spiro atoms. The van der Waals surface area contributed by atoms with Crippen molar-refractivity contribution in [1.82, 2.24) is 0 Å². The Morgan fingerprint density at radius 2 is 2.00 bits per heavy atom. The van der Waals surface area contributed by atoms with E-state index in [1.807, 2.05) is 13.8 Å². The molecule has 1 unspecified atom stereocenters. The van der Waals surface area contributed by atoms with E-state index in [1.54, 1.807) is 0 Å². The molecule has 2 N–H and O–H groups in total. The number of fused-ring (bicyclic) bond motifs is 1. The van der Waals surface area contributed by atoms with Gasteiger partial charge in [-0.3, -0.25) is 9.59 Å². The van der Waals surface area contributed by atoms with Crippen LogP contribution >= 0.6 is 23.1 Å². The third kappa shape index (κ3) is 4.87. The molecule has 6 nitrogen and oxygen atoms in total. The van der Waals surface area contributed by atoms with Crippen molar-refractivity contribution in [3.05, 3.63) is 39.8 Å². The maximum absolute atomic E-state index is 12.9. The van der Waals surface area contributed by atoms with Gasteiger partial charge < -0.3 is 15.4 Å². The van der Waals surface area contributed by atoms with Crippen LogP contribution < -0.4 is 10.6 Å². The minimum Gasteiger partial charge on any atom is -0.465 e. The molecular weight excluding hydrogens is 453 g/mol. The van der Waals surface area contributed by atoms with Crippen molar-refractivity contribution in [1.29, 1.82) is 0 Å². The highest BCUT2D eigenvalue weighted by Gasteiger charge is 2.34. The molecule has 2 aromatic rings. The lowest BCUT2D eigenvalue weighted by molar-refractivity contribution is -0.137. The molecule has 31 heavy (non-hydrogen) atoms. The molecule has 166 valence electrons. The minimum atomic E-state index is -4.52. The number of hydrogen-bond donors (Lipinski definition) is 2. The highest BCUT2D eigenvalue weighted by Crippen LogP contribution is 2.41. The number of thiophene rings is 1. The summed E-state index contributed by atoms with van der Waals surface area (Å²) in [7, 11) is 1.25. The molecular formula is C20H19F3N2O4S2. The smallest absolute Gasteiger partial charge is 0.416 e. The summed E-state index contributed by atoms with van der Waals surface area (Å²) in [6.45, 7) is 3.72. The van der Waals surface area contributed by atoms with Crippen LogP contribution in [0.1, 0.15) is 39.7 Å². The summed E-state index contributed by atoms with van der Waals surface area (Å²) in [6.07, 6.45) is -4.15. The molecule has 0 aliphatic carbocycles. The average Bonchev–Trinajstić information content (AvgIpc) is 3.01. The van der Waals surface area contributed by atoms with Crippen molar-refractivity contribution in [2.45, 2.75) is 43.0 Å². The molecule has 11 heteroatoms. The van der Waals surface area contributed by atoms with E-state index in [0.717, 1.165) is 34.3 Å². The summed E-state index contributed by atoms with van der Waals surface area (Å²) in [5.41, 5.74) is 0.285. The van der Waals surface area contributed by atoms with Gasteiger partial charge in [0.1, 0.15) is 5.00 Å². The zero-order valence-corrected chi connectivity index (χ0v) is 18.4. The topological polar surface area (TPSA) is 84.5 Å². The van der Waals surface area contributed by atoms with Crippen LogP contribution in [0.4, 0.5) is 23.9 Å². The number of amides is 2. The second-order valence-corrected chi connectivity index (χ2v) is 9.21. The first-order chi connectivity index (χ1) is 14.5. The van der Waals surface area contributed by atoms with E-state index >= 15 is 0 Å². The number of anilines is 2. The van der Waals surface area contributed by atoms with E-state index in [4.69, 9.17) is 4.74 Å². The van der Waals surface area contributed by atoms with Crippen molar-refractivity contribution >= 4 is 51.6 Å². The van der Waals surface area contributed by atoms with Crippen LogP contribution in [0.15, 0.2) is 23.1 Å². The summed E-state index contributed by atoms with van der Waals surface area (Å²) in [5.74, 6) is -1.61. The maximum Gasteiger partial charge on any atom is 0.416 e. The second-order valence-electron chi connectivity index (χ2n) is 6.74.